The molecule has 1 saturated heterocycles. The zero-order valence-corrected chi connectivity index (χ0v) is 12.0. The summed E-state index contributed by atoms with van der Waals surface area (Å²) in [6, 6.07) is 0. The van der Waals surface area contributed by atoms with Crippen molar-refractivity contribution in [3.8, 4) is 0 Å². The highest BCUT2D eigenvalue weighted by Gasteiger charge is 2.28. The average Bonchev–Trinajstić information content (AvgIpc) is 2.39. The predicted octanol–water partition coefficient (Wildman–Crippen LogP) is 2.89. The van der Waals surface area contributed by atoms with Gasteiger partial charge in [-0.3, -0.25) is 9.59 Å². The second kappa shape index (κ2) is 8.26. The molecule has 0 aromatic rings. The summed E-state index contributed by atoms with van der Waals surface area (Å²) in [4.78, 5) is 25.2. The largest absolute Gasteiger partial charge is 0.342 e. The molecule has 1 amide bonds. The molecule has 1 rings (SSSR count). The highest BCUT2D eigenvalue weighted by atomic mass is 16.2. The minimum atomic E-state index is 0.0780. The molecule has 0 radical (unpaired) electrons. The number of carbonyl (C=O) groups is 2. The number of carbonyl (C=O) groups excluding carboxylic acids is 2. The summed E-state index contributed by atoms with van der Waals surface area (Å²) >= 11 is 0. The third kappa shape index (κ3) is 4.88. The van der Waals surface area contributed by atoms with Gasteiger partial charge in [-0.2, -0.15) is 0 Å². The Balaban J connectivity index is 0.00000121. The maximum absolute atomic E-state index is 11.8. The molecule has 1 unspecified atom stereocenters. The van der Waals surface area contributed by atoms with Crippen LogP contribution in [0.4, 0.5) is 0 Å². The lowest BCUT2D eigenvalue weighted by Gasteiger charge is -2.32. The molecule has 0 bridgehead atoms. The molecule has 0 aromatic carbocycles. The van der Waals surface area contributed by atoms with Crippen molar-refractivity contribution in [2.24, 2.45) is 11.8 Å². The first-order valence-corrected chi connectivity index (χ1v) is 6.87. The second-order valence-electron chi connectivity index (χ2n) is 4.59. The zero-order valence-electron chi connectivity index (χ0n) is 12.0. The molecule has 1 aliphatic heterocycles. The summed E-state index contributed by atoms with van der Waals surface area (Å²) in [6.07, 6.45) is 2.46. The normalized spacial score (nSPS) is 19.6. The molecule has 17 heavy (non-hydrogen) atoms. The van der Waals surface area contributed by atoms with Gasteiger partial charge in [0.2, 0.25) is 5.91 Å². The van der Waals surface area contributed by atoms with Crippen LogP contribution in [-0.4, -0.2) is 29.7 Å². The van der Waals surface area contributed by atoms with E-state index in [0.717, 1.165) is 19.4 Å². The SMILES string of the molecule is CC.CCC(=O)N1CCCC(C(=O)C(C)C)C1. The molecule has 100 valence electrons. The lowest BCUT2D eigenvalue weighted by molar-refractivity contribution is -0.135. The van der Waals surface area contributed by atoms with Gasteiger partial charge in [0.05, 0.1) is 0 Å². The number of nitrogens with zero attached hydrogens (tertiary/aromatic N) is 1. The van der Waals surface area contributed by atoms with Crippen molar-refractivity contribution < 1.29 is 9.59 Å². The van der Waals surface area contributed by atoms with Crippen LogP contribution in [0.15, 0.2) is 0 Å². The van der Waals surface area contributed by atoms with Crippen molar-refractivity contribution in [1.29, 1.82) is 0 Å². The number of hydrogen-bond acceptors (Lipinski definition) is 2. The maximum Gasteiger partial charge on any atom is 0.222 e. The number of hydrogen-bond donors (Lipinski definition) is 0. The molecule has 0 saturated carbocycles. The van der Waals surface area contributed by atoms with Gasteiger partial charge in [-0.05, 0) is 12.8 Å². The summed E-state index contributed by atoms with van der Waals surface area (Å²) in [5.74, 6) is 0.654. The Bertz CT molecular complexity index is 249. The molecule has 1 fully saturated rings. The third-order valence-electron chi connectivity index (χ3n) is 3.05. The molecule has 0 aromatic heterocycles. The summed E-state index contributed by atoms with van der Waals surface area (Å²) < 4.78 is 0. The van der Waals surface area contributed by atoms with Crippen molar-refractivity contribution in [2.75, 3.05) is 13.1 Å². The van der Waals surface area contributed by atoms with Crippen LogP contribution in [0.25, 0.3) is 0 Å². The Morgan fingerprint density at radius 1 is 1.29 bits per heavy atom. The Kier molecular flexibility index (Phi) is 7.85. The number of ketones is 1. The molecule has 1 aliphatic rings. The van der Waals surface area contributed by atoms with Crippen LogP contribution >= 0.6 is 0 Å². The fourth-order valence-corrected chi connectivity index (χ4v) is 2.13. The Hall–Kier alpha value is -0.860. The van der Waals surface area contributed by atoms with Gasteiger partial charge < -0.3 is 4.90 Å². The number of likely N-dealkylation sites (tertiary alicyclic amines) is 1. The molecule has 0 N–H and O–H groups in total. The molecule has 1 heterocycles. The standard InChI is InChI=1S/C12H21NO2.C2H6/c1-4-11(14)13-7-5-6-10(8-13)12(15)9(2)3;1-2/h9-10H,4-8H2,1-3H3;1-2H3. The first-order valence-electron chi connectivity index (χ1n) is 6.87. The lowest BCUT2D eigenvalue weighted by atomic mass is 9.88. The van der Waals surface area contributed by atoms with Gasteiger partial charge in [0.15, 0.2) is 0 Å². The highest BCUT2D eigenvalue weighted by molar-refractivity contribution is 5.84. The monoisotopic (exact) mass is 241 g/mol. The summed E-state index contributed by atoms with van der Waals surface area (Å²) in [5, 5.41) is 0. The van der Waals surface area contributed by atoms with E-state index in [9.17, 15) is 9.59 Å². The molecule has 3 nitrogen and oxygen atoms in total. The van der Waals surface area contributed by atoms with Gasteiger partial charge in [0.25, 0.3) is 0 Å². The maximum atomic E-state index is 11.8. The van der Waals surface area contributed by atoms with Crippen LogP contribution in [0.1, 0.15) is 53.9 Å². The number of rotatable bonds is 3. The third-order valence-corrected chi connectivity index (χ3v) is 3.05. The lowest BCUT2D eigenvalue weighted by Crippen LogP contribution is -2.42. The van der Waals surface area contributed by atoms with Gasteiger partial charge in [-0.25, -0.2) is 0 Å². The van der Waals surface area contributed by atoms with Crippen molar-refractivity contribution in [1.82, 2.24) is 4.90 Å². The fourth-order valence-electron chi connectivity index (χ4n) is 2.13. The van der Waals surface area contributed by atoms with Crippen molar-refractivity contribution >= 4 is 11.7 Å². The molecule has 0 spiro atoms. The van der Waals surface area contributed by atoms with Gasteiger partial charge in [0.1, 0.15) is 5.78 Å². The predicted molar refractivity (Wildman–Crippen MR) is 70.8 cm³/mol. The summed E-state index contributed by atoms with van der Waals surface area (Å²) in [6.45, 7) is 11.2. The minimum absolute atomic E-state index is 0.0780. The fraction of sp³-hybridized carbons (Fsp3) is 0.857. The zero-order chi connectivity index (χ0) is 13.4. The molecule has 0 aliphatic carbocycles. The first-order chi connectivity index (χ1) is 8.06. The molecule has 3 heteroatoms. The Morgan fingerprint density at radius 3 is 2.35 bits per heavy atom. The van der Waals surface area contributed by atoms with Crippen LogP contribution in [0.3, 0.4) is 0 Å². The van der Waals surface area contributed by atoms with E-state index < -0.39 is 0 Å². The van der Waals surface area contributed by atoms with E-state index in [-0.39, 0.29) is 17.7 Å². The van der Waals surface area contributed by atoms with E-state index in [2.05, 4.69) is 0 Å². The summed E-state index contributed by atoms with van der Waals surface area (Å²) in [5.41, 5.74) is 0. The van der Waals surface area contributed by atoms with Crippen molar-refractivity contribution in [3.63, 3.8) is 0 Å². The number of amides is 1. The molecular weight excluding hydrogens is 214 g/mol. The van der Waals surface area contributed by atoms with Gasteiger partial charge in [-0.1, -0.05) is 34.6 Å². The molecular formula is C14H27NO2. The second-order valence-corrected chi connectivity index (χ2v) is 4.59. The van der Waals surface area contributed by atoms with Crippen LogP contribution in [0.5, 0.6) is 0 Å². The van der Waals surface area contributed by atoms with E-state index in [1.54, 1.807) is 0 Å². The van der Waals surface area contributed by atoms with E-state index in [1.807, 2.05) is 39.5 Å². The van der Waals surface area contributed by atoms with Crippen molar-refractivity contribution in [3.05, 3.63) is 0 Å². The van der Waals surface area contributed by atoms with Gasteiger partial charge >= 0.3 is 0 Å². The Labute approximate surface area is 106 Å². The van der Waals surface area contributed by atoms with Crippen LogP contribution < -0.4 is 0 Å². The van der Waals surface area contributed by atoms with Crippen LogP contribution in [0.2, 0.25) is 0 Å². The number of piperidine rings is 1. The summed E-state index contributed by atoms with van der Waals surface area (Å²) in [7, 11) is 0. The van der Waals surface area contributed by atoms with E-state index in [1.165, 1.54) is 0 Å². The number of Topliss-reactive ketones (excluding diaryl/α,β-unsaturated/α-hetero) is 1. The van der Waals surface area contributed by atoms with Gasteiger partial charge in [0, 0.05) is 31.3 Å². The highest BCUT2D eigenvalue weighted by Crippen LogP contribution is 2.20. The first kappa shape index (κ1) is 16.1. The topological polar surface area (TPSA) is 37.4 Å². The van der Waals surface area contributed by atoms with Crippen LogP contribution in [0, 0.1) is 11.8 Å². The van der Waals surface area contributed by atoms with Crippen LogP contribution in [-0.2, 0) is 9.59 Å². The molecule has 1 atom stereocenters. The quantitative estimate of drug-likeness (QED) is 0.762. The van der Waals surface area contributed by atoms with Gasteiger partial charge in [-0.15, -0.1) is 0 Å². The van der Waals surface area contributed by atoms with E-state index in [4.69, 9.17) is 0 Å². The minimum Gasteiger partial charge on any atom is -0.342 e. The van der Waals surface area contributed by atoms with E-state index >= 15 is 0 Å². The van der Waals surface area contributed by atoms with E-state index in [0.29, 0.717) is 18.7 Å². The smallest absolute Gasteiger partial charge is 0.222 e. The van der Waals surface area contributed by atoms with Crippen molar-refractivity contribution in [2.45, 2.75) is 53.9 Å². The Morgan fingerprint density at radius 2 is 1.88 bits per heavy atom. The average molecular weight is 241 g/mol.